The van der Waals surface area contributed by atoms with Crippen LogP contribution in [0.25, 0.3) is 0 Å². The lowest BCUT2D eigenvalue weighted by molar-refractivity contribution is -0.142. The summed E-state index contributed by atoms with van der Waals surface area (Å²) in [5.41, 5.74) is 2.42. The van der Waals surface area contributed by atoms with E-state index in [1.54, 1.807) is 12.1 Å². The van der Waals surface area contributed by atoms with E-state index in [9.17, 15) is 4.79 Å². The van der Waals surface area contributed by atoms with E-state index in [4.69, 9.17) is 14.6 Å². The molecule has 20 heavy (non-hydrogen) atoms. The van der Waals surface area contributed by atoms with Gasteiger partial charge in [0.25, 0.3) is 5.91 Å². The van der Waals surface area contributed by atoms with Crippen LogP contribution in [0.2, 0.25) is 0 Å². The summed E-state index contributed by atoms with van der Waals surface area (Å²) in [6, 6.07) is 5.44. The summed E-state index contributed by atoms with van der Waals surface area (Å²) in [6.45, 7) is 2.97. The van der Waals surface area contributed by atoms with Crippen molar-refractivity contribution in [3.05, 3.63) is 29.3 Å². The fourth-order valence-corrected chi connectivity index (χ4v) is 1.88. The predicted molar refractivity (Wildman–Crippen MR) is 74.3 cm³/mol. The van der Waals surface area contributed by atoms with Crippen LogP contribution in [0.15, 0.2) is 18.2 Å². The maximum absolute atomic E-state index is 12.0. The number of rotatable bonds is 2. The lowest BCUT2D eigenvalue weighted by Gasteiger charge is -2.22. The Balaban J connectivity index is 2.03. The zero-order valence-corrected chi connectivity index (χ0v) is 11.3. The second-order valence-corrected chi connectivity index (χ2v) is 4.41. The first-order valence-corrected chi connectivity index (χ1v) is 6.41. The molecule has 0 radical (unpaired) electrons. The number of hydrogen-bond acceptors (Lipinski definition) is 4. The summed E-state index contributed by atoms with van der Waals surface area (Å²) in [6.07, 6.45) is -0.558. The lowest BCUT2D eigenvalue weighted by Crippen LogP contribution is -2.39. The summed E-state index contributed by atoms with van der Waals surface area (Å²) in [7, 11) is 0. The molecule has 2 N–H and O–H groups in total. The van der Waals surface area contributed by atoms with Gasteiger partial charge in [-0.1, -0.05) is 11.8 Å². The van der Waals surface area contributed by atoms with E-state index in [2.05, 4.69) is 17.2 Å². The fraction of sp³-hybridized carbons (Fsp3) is 0.400. The molecule has 0 spiro atoms. The zero-order chi connectivity index (χ0) is 14.4. The quantitative estimate of drug-likeness (QED) is 0.779. The number of hydrogen-bond donors (Lipinski definition) is 2. The molecule has 0 aliphatic carbocycles. The highest BCUT2D eigenvalue weighted by Gasteiger charge is 2.22. The molecule has 5 heteroatoms. The van der Waals surface area contributed by atoms with Gasteiger partial charge in [0.05, 0.1) is 19.8 Å². The van der Waals surface area contributed by atoms with Crippen molar-refractivity contribution in [3.63, 3.8) is 0 Å². The zero-order valence-electron chi connectivity index (χ0n) is 11.3. The van der Waals surface area contributed by atoms with Crippen molar-refractivity contribution in [1.29, 1.82) is 0 Å². The SMILES string of the molecule is Cc1cc(C#CCO)ccc1NC(=O)C1COCCO1. The van der Waals surface area contributed by atoms with Gasteiger partial charge in [-0.25, -0.2) is 0 Å². The maximum Gasteiger partial charge on any atom is 0.255 e. The minimum absolute atomic E-state index is 0.170. The number of amides is 1. The second-order valence-electron chi connectivity index (χ2n) is 4.41. The molecular formula is C15H17NO4. The Bertz CT molecular complexity index is 539. The van der Waals surface area contributed by atoms with Gasteiger partial charge in [-0.15, -0.1) is 0 Å². The standard InChI is InChI=1S/C15H17NO4/c1-11-9-12(3-2-6-17)4-5-13(11)16-15(18)14-10-19-7-8-20-14/h4-5,9,14,17H,6-8,10H2,1H3,(H,16,18). The van der Waals surface area contributed by atoms with Crippen LogP contribution in [0.3, 0.4) is 0 Å². The van der Waals surface area contributed by atoms with E-state index < -0.39 is 6.10 Å². The number of aliphatic hydroxyl groups is 1. The topological polar surface area (TPSA) is 67.8 Å². The van der Waals surface area contributed by atoms with Crippen molar-refractivity contribution in [1.82, 2.24) is 0 Å². The molecule has 2 rings (SSSR count). The molecule has 0 saturated carbocycles. The highest BCUT2D eigenvalue weighted by atomic mass is 16.6. The molecule has 1 aromatic carbocycles. The van der Waals surface area contributed by atoms with Crippen LogP contribution in [0.5, 0.6) is 0 Å². The number of ether oxygens (including phenoxy) is 2. The molecular weight excluding hydrogens is 258 g/mol. The number of aliphatic hydroxyl groups excluding tert-OH is 1. The van der Waals surface area contributed by atoms with Crippen molar-refractivity contribution in [2.24, 2.45) is 0 Å². The van der Waals surface area contributed by atoms with Gasteiger partial charge in [-0.2, -0.15) is 0 Å². The van der Waals surface area contributed by atoms with Crippen LogP contribution in [0.4, 0.5) is 5.69 Å². The Labute approximate surface area is 117 Å². The molecule has 1 aliphatic rings. The normalized spacial score (nSPS) is 18.0. The molecule has 1 heterocycles. The minimum atomic E-state index is -0.558. The predicted octanol–water partition coefficient (Wildman–Crippen LogP) is 0.693. The molecule has 106 valence electrons. The van der Waals surface area contributed by atoms with Crippen molar-refractivity contribution in [2.45, 2.75) is 13.0 Å². The van der Waals surface area contributed by atoms with Crippen molar-refractivity contribution >= 4 is 11.6 Å². The molecule has 1 aromatic rings. The highest BCUT2D eigenvalue weighted by Crippen LogP contribution is 2.17. The van der Waals surface area contributed by atoms with E-state index in [-0.39, 0.29) is 19.1 Å². The van der Waals surface area contributed by atoms with Gasteiger partial charge >= 0.3 is 0 Å². The molecule has 1 unspecified atom stereocenters. The van der Waals surface area contributed by atoms with E-state index >= 15 is 0 Å². The summed E-state index contributed by atoms with van der Waals surface area (Å²) in [5, 5.41) is 11.5. The third-order valence-corrected chi connectivity index (χ3v) is 2.90. The van der Waals surface area contributed by atoms with Crippen LogP contribution in [-0.2, 0) is 14.3 Å². The van der Waals surface area contributed by atoms with Gasteiger partial charge in [0, 0.05) is 11.3 Å². The van der Waals surface area contributed by atoms with E-state index in [1.165, 1.54) is 0 Å². The number of nitrogens with one attached hydrogen (secondary N) is 1. The molecule has 0 bridgehead atoms. The van der Waals surface area contributed by atoms with Crippen LogP contribution in [-0.4, -0.2) is 43.5 Å². The van der Waals surface area contributed by atoms with Gasteiger partial charge in [0.2, 0.25) is 0 Å². The Morgan fingerprint density at radius 3 is 3.00 bits per heavy atom. The third-order valence-electron chi connectivity index (χ3n) is 2.90. The van der Waals surface area contributed by atoms with Gasteiger partial charge in [0.1, 0.15) is 6.61 Å². The van der Waals surface area contributed by atoms with Crippen LogP contribution in [0, 0.1) is 18.8 Å². The largest absolute Gasteiger partial charge is 0.384 e. The number of carbonyl (C=O) groups excluding carboxylic acids is 1. The van der Waals surface area contributed by atoms with Crippen molar-refractivity contribution in [3.8, 4) is 11.8 Å². The van der Waals surface area contributed by atoms with Gasteiger partial charge < -0.3 is 19.9 Å². The molecule has 1 saturated heterocycles. The van der Waals surface area contributed by atoms with Crippen LogP contribution < -0.4 is 5.32 Å². The molecule has 1 aliphatic heterocycles. The average molecular weight is 275 g/mol. The second kappa shape index (κ2) is 7.06. The monoisotopic (exact) mass is 275 g/mol. The Morgan fingerprint density at radius 1 is 1.50 bits per heavy atom. The van der Waals surface area contributed by atoms with Crippen LogP contribution in [0.1, 0.15) is 11.1 Å². The van der Waals surface area contributed by atoms with Gasteiger partial charge in [-0.05, 0) is 30.7 Å². The van der Waals surface area contributed by atoms with E-state index in [1.807, 2.05) is 13.0 Å². The molecule has 5 nitrogen and oxygen atoms in total. The fourth-order valence-electron chi connectivity index (χ4n) is 1.88. The minimum Gasteiger partial charge on any atom is -0.384 e. The number of benzene rings is 1. The van der Waals surface area contributed by atoms with Crippen molar-refractivity contribution in [2.75, 3.05) is 31.7 Å². The van der Waals surface area contributed by atoms with Crippen LogP contribution >= 0.6 is 0 Å². The molecule has 1 fully saturated rings. The number of carbonyl (C=O) groups is 1. The first kappa shape index (κ1) is 14.5. The molecule has 0 aromatic heterocycles. The number of anilines is 1. The summed E-state index contributed by atoms with van der Waals surface area (Å²) in [5.74, 6) is 5.20. The van der Waals surface area contributed by atoms with Gasteiger partial charge in [-0.3, -0.25) is 4.79 Å². The van der Waals surface area contributed by atoms with E-state index in [0.29, 0.717) is 13.2 Å². The summed E-state index contributed by atoms with van der Waals surface area (Å²) >= 11 is 0. The summed E-state index contributed by atoms with van der Waals surface area (Å²) in [4.78, 5) is 12.0. The Hall–Kier alpha value is -1.87. The molecule has 1 amide bonds. The Kier molecular flexibility index (Phi) is 5.13. The van der Waals surface area contributed by atoms with Crippen molar-refractivity contribution < 1.29 is 19.4 Å². The van der Waals surface area contributed by atoms with Gasteiger partial charge in [0.15, 0.2) is 6.10 Å². The highest BCUT2D eigenvalue weighted by molar-refractivity contribution is 5.95. The summed E-state index contributed by atoms with van der Waals surface area (Å²) < 4.78 is 10.5. The van der Waals surface area contributed by atoms with E-state index in [0.717, 1.165) is 16.8 Å². The Morgan fingerprint density at radius 2 is 2.35 bits per heavy atom. The first-order chi connectivity index (χ1) is 9.70. The first-order valence-electron chi connectivity index (χ1n) is 6.41. The third kappa shape index (κ3) is 3.81. The molecule has 1 atom stereocenters. The lowest BCUT2D eigenvalue weighted by atomic mass is 10.1. The number of aryl methyl sites for hydroxylation is 1. The maximum atomic E-state index is 12.0. The smallest absolute Gasteiger partial charge is 0.255 e. The average Bonchev–Trinajstić information content (AvgIpc) is 2.48.